The lowest BCUT2D eigenvalue weighted by molar-refractivity contribution is 0.102. The van der Waals surface area contributed by atoms with Gasteiger partial charge in [-0.25, -0.2) is 4.79 Å². The molecule has 2 aromatic heterocycles. The van der Waals surface area contributed by atoms with Crippen LogP contribution in [0.3, 0.4) is 0 Å². The predicted molar refractivity (Wildman–Crippen MR) is 87.9 cm³/mol. The summed E-state index contributed by atoms with van der Waals surface area (Å²) in [5.74, 6) is 0.249. The van der Waals surface area contributed by atoms with Crippen molar-refractivity contribution in [3.05, 3.63) is 88.7 Å². The van der Waals surface area contributed by atoms with E-state index in [1.54, 1.807) is 36.7 Å². The SMILES string of the molecule is O=C(Nc1cccc(OCc2cccnc2)c1)c1ccc(=O)oc1. The molecular weight excluding hydrogens is 308 g/mol. The highest BCUT2D eigenvalue weighted by molar-refractivity contribution is 6.03. The summed E-state index contributed by atoms with van der Waals surface area (Å²) in [5.41, 5.74) is 1.29. The van der Waals surface area contributed by atoms with E-state index in [0.29, 0.717) is 18.0 Å². The fourth-order valence-corrected chi connectivity index (χ4v) is 2.00. The van der Waals surface area contributed by atoms with Crippen molar-refractivity contribution < 1.29 is 13.9 Å². The van der Waals surface area contributed by atoms with Crippen LogP contribution in [0, 0.1) is 0 Å². The molecule has 6 nitrogen and oxygen atoms in total. The predicted octanol–water partition coefficient (Wildman–Crippen LogP) is 2.87. The van der Waals surface area contributed by atoms with Gasteiger partial charge in [0.05, 0.1) is 5.56 Å². The van der Waals surface area contributed by atoms with Crippen molar-refractivity contribution in [1.82, 2.24) is 4.98 Å². The Balaban J connectivity index is 1.65. The number of rotatable bonds is 5. The Bertz CT molecular complexity index is 870. The van der Waals surface area contributed by atoms with Crippen LogP contribution in [-0.4, -0.2) is 10.9 Å². The van der Waals surface area contributed by atoms with E-state index in [2.05, 4.69) is 14.7 Å². The molecule has 1 aromatic carbocycles. The third kappa shape index (κ3) is 4.07. The molecule has 0 aliphatic carbocycles. The molecular formula is C18H14N2O4. The molecule has 0 unspecified atom stereocenters. The lowest BCUT2D eigenvalue weighted by Gasteiger charge is -2.09. The summed E-state index contributed by atoms with van der Waals surface area (Å²) in [6, 6.07) is 13.4. The molecule has 120 valence electrons. The number of hydrogen-bond acceptors (Lipinski definition) is 5. The zero-order valence-electron chi connectivity index (χ0n) is 12.6. The van der Waals surface area contributed by atoms with E-state index < -0.39 is 5.63 Å². The maximum absolute atomic E-state index is 12.1. The molecule has 2 heterocycles. The van der Waals surface area contributed by atoms with Gasteiger partial charge >= 0.3 is 5.63 Å². The number of ether oxygens (including phenoxy) is 1. The summed E-state index contributed by atoms with van der Waals surface area (Å²) < 4.78 is 10.4. The molecule has 0 saturated carbocycles. The van der Waals surface area contributed by atoms with Gasteiger partial charge in [0.2, 0.25) is 0 Å². The number of hydrogen-bond donors (Lipinski definition) is 1. The van der Waals surface area contributed by atoms with E-state index >= 15 is 0 Å². The molecule has 1 N–H and O–H groups in total. The lowest BCUT2D eigenvalue weighted by atomic mass is 10.2. The first-order valence-corrected chi connectivity index (χ1v) is 7.23. The second-order valence-corrected chi connectivity index (χ2v) is 4.98. The number of nitrogens with one attached hydrogen (secondary N) is 1. The van der Waals surface area contributed by atoms with Gasteiger partial charge in [0.15, 0.2) is 0 Å². The summed E-state index contributed by atoms with van der Waals surface area (Å²) in [5, 5.41) is 2.72. The van der Waals surface area contributed by atoms with Crippen molar-refractivity contribution >= 4 is 11.6 Å². The van der Waals surface area contributed by atoms with Crippen LogP contribution in [0.25, 0.3) is 0 Å². The highest BCUT2D eigenvalue weighted by atomic mass is 16.5. The van der Waals surface area contributed by atoms with Gasteiger partial charge in [-0.3, -0.25) is 9.78 Å². The average Bonchev–Trinajstić information content (AvgIpc) is 2.62. The fraction of sp³-hybridized carbons (Fsp3) is 0.0556. The Morgan fingerprint density at radius 1 is 1.17 bits per heavy atom. The Kier molecular flexibility index (Phi) is 4.67. The minimum Gasteiger partial charge on any atom is -0.489 e. The first-order valence-electron chi connectivity index (χ1n) is 7.23. The molecule has 0 radical (unpaired) electrons. The minimum absolute atomic E-state index is 0.260. The molecule has 3 rings (SSSR count). The van der Waals surface area contributed by atoms with Crippen LogP contribution in [0.2, 0.25) is 0 Å². The topological polar surface area (TPSA) is 81.4 Å². The molecule has 0 atom stereocenters. The van der Waals surface area contributed by atoms with Crippen LogP contribution in [0.4, 0.5) is 5.69 Å². The quantitative estimate of drug-likeness (QED) is 0.781. The Morgan fingerprint density at radius 3 is 2.83 bits per heavy atom. The van der Waals surface area contributed by atoms with Crippen LogP contribution in [0.1, 0.15) is 15.9 Å². The monoisotopic (exact) mass is 322 g/mol. The summed E-state index contributed by atoms with van der Waals surface area (Å²) in [6.07, 6.45) is 4.56. The Labute approximate surface area is 137 Å². The van der Waals surface area contributed by atoms with Gasteiger partial charge in [-0.2, -0.15) is 0 Å². The largest absolute Gasteiger partial charge is 0.489 e. The van der Waals surface area contributed by atoms with E-state index in [1.807, 2.05) is 12.1 Å². The van der Waals surface area contributed by atoms with Crippen LogP contribution in [0.15, 0.2) is 76.4 Å². The minimum atomic E-state index is -0.502. The van der Waals surface area contributed by atoms with Crippen molar-refractivity contribution in [2.75, 3.05) is 5.32 Å². The van der Waals surface area contributed by atoms with Gasteiger partial charge in [0.25, 0.3) is 5.91 Å². The number of anilines is 1. The van der Waals surface area contributed by atoms with Crippen LogP contribution in [-0.2, 0) is 6.61 Å². The number of carbonyl (C=O) groups is 1. The standard InChI is InChI=1S/C18H14N2O4/c21-17-7-6-14(12-24-17)18(22)20-15-4-1-5-16(9-15)23-11-13-3-2-8-19-10-13/h1-10,12H,11H2,(H,20,22). The van der Waals surface area contributed by atoms with Gasteiger partial charge in [-0.05, 0) is 24.3 Å². The maximum atomic E-state index is 12.1. The number of nitrogens with zero attached hydrogens (tertiary/aromatic N) is 1. The van der Waals surface area contributed by atoms with E-state index in [9.17, 15) is 9.59 Å². The van der Waals surface area contributed by atoms with Crippen LogP contribution >= 0.6 is 0 Å². The zero-order chi connectivity index (χ0) is 16.8. The third-order valence-electron chi connectivity index (χ3n) is 3.18. The number of amides is 1. The third-order valence-corrected chi connectivity index (χ3v) is 3.18. The van der Waals surface area contributed by atoms with Gasteiger partial charge in [-0.1, -0.05) is 12.1 Å². The van der Waals surface area contributed by atoms with Crippen LogP contribution < -0.4 is 15.7 Å². The molecule has 3 aromatic rings. The lowest BCUT2D eigenvalue weighted by Crippen LogP contribution is -2.13. The van der Waals surface area contributed by atoms with Crippen molar-refractivity contribution in [3.8, 4) is 5.75 Å². The molecule has 0 aliphatic heterocycles. The normalized spacial score (nSPS) is 10.2. The molecule has 1 amide bonds. The first-order chi connectivity index (χ1) is 11.7. The molecule has 0 aliphatic rings. The highest BCUT2D eigenvalue weighted by Gasteiger charge is 2.07. The van der Waals surface area contributed by atoms with Gasteiger partial charge < -0.3 is 14.5 Å². The van der Waals surface area contributed by atoms with Gasteiger partial charge in [-0.15, -0.1) is 0 Å². The summed E-state index contributed by atoms with van der Waals surface area (Å²) in [4.78, 5) is 27.0. The fourth-order valence-electron chi connectivity index (χ4n) is 2.00. The molecule has 0 saturated heterocycles. The van der Waals surface area contributed by atoms with E-state index in [4.69, 9.17) is 4.74 Å². The summed E-state index contributed by atoms with van der Waals surface area (Å²) in [7, 11) is 0. The number of aromatic nitrogens is 1. The molecule has 6 heteroatoms. The van der Waals surface area contributed by atoms with Crippen molar-refractivity contribution in [3.63, 3.8) is 0 Å². The second kappa shape index (κ2) is 7.23. The smallest absolute Gasteiger partial charge is 0.335 e. The summed E-state index contributed by atoms with van der Waals surface area (Å²) in [6.45, 7) is 0.384. The van der Waals surface area contributed by atoms with Gasteiger partial charge in [0.1, 0.15) is 18.6 Å². The van der Waals surface area contributed by atoms with E-state index in [1.165, 1.54) is 12.1 Å². The van der Waals surface area contributed by atoms with Crippen molar-refractivity contribution in [1.29, 1.82) is 0 Å². The van der Waals surface area contributed by atoms with E-state index in [-0.39, 0.29) is 11.5 Å². The molecule has 0 spiro atoms. The average molecular weight is 322 g/mol. The zero-order valence-corrected chi connectivity index (χ0v) is 12.6. The van der Waals surface area contributed by atoms with E-state index in [0.717, 1.165) is 11.8 Å². The van der Waals surface area contributed by atoms with Crippen LogP contribution in [0.5, 0.6) is 5.75 Å². The van der Waals surface area contributed by atoms with Crippen molar-refractivity contribution in [2.45, 2.75) is 6.61 Å². The second-order valence-electron chi connectivity index (χ2n) is 4.98. The molecule has 24 heavy (non-hydrogen) atoms. The maximum Gasteiger partial charge on any atom is 0.335 e. The Morgan fingerprint density at radius 2 is 2.08 bits per heavy atom. The number of carbonyl (C=O) groups excluding carboxylic acids is 1. The first kappa shape index (κ1) is 15.5. The number of pyridine rings is 1. The van der Waals surface area contributed by atoms with Crippen molar-refractivity contribution in [2.24, 2.45) is 0 Å². The highest BCUT2D eigenvalue weighted by Crippen LogP contribution is 2.19. The van der Waals surface area contributed by atoms with Gasteiger partial charge in [0, 0.05) is 35.8 Å². The Hall–Kier alpha value is -3.41. The number of benzene rings is 1. The summed E-state index contributed by atoms with van der Waals surface area (Å²) >= 11 is 0. The molecule has 0 bridgehead atoms. The molecule has 0 fully saturated rings.